The minimum Gasteiger partial charge on any atom is -0.382 e. The first-order chi connectivity index (χ1) is 6.29. The van der Waals surface area contributed by atoms with E-state index in [0.717, 1.165) is 6.26 Å². The molecule has 5 heteroatoms. The summed E-state index contributed by atoms with van der Waals surface area (Å²) in [5.74, 6) is 0.358. The summed E-state index contributed by atoms with van der Waals surface area (Å²) in [4.78, 5) is 0. The van der Waals surface area contributed by atoms with Crippen molar-refractivity contribution in [1.29, 1.82) is 0 Å². The first kappa shape index (κ1) is 11.3. The summed E-state index contributed by atoms with van der Waals surface area (Å²) in [7, 11) is -3.48. The second-order valence-corrected chi connectivity index (χ2v) is 5.17. The summed E-state index contributed by atoms with van der Waals surface area (Å²) < 4.78 is 26.7. The third kappa shape index (κ3) is 2.89. The molecule has 0 radical (unpaired) electrons. The van der Waals surface area contributed by atoms with Crippen LogP contribution in [0, 0.1) is 13.8 Å². The zero-order valence-corrected chi connectivity index (χ0v) is 9.74. The fourth-order valence-electron chi connectivity index (χ4n) is 1.18. The maximum absolute atomic E-state index is 10.9. The van der Waals surface area contributed by atoms with Crippen LogP contribution in [0.4, 0.5) is 0 Å². The van der Waals surface area contributed by atoms with E-state index in [1.165, 1.54) is 0 Å². The molecule has 0 saturated heterocycles. The van der Waals surface area contributed by atoms with E-state index in [1.54, 1.807) is 26.0 Å². The normalized spacial score (nSPS) is 11.4. The first-order valence-corrected chi connectivity index (χ1v) is 6.15. The Hall–Kier alpha value is -0.740. The lowest BCUT2D eigenvalue weighted by atomic mass is 10.1. The minimum absolute atomic E-state index is 0.358. The second-order valence-electron chi connectivity index (χ2n) is 3.16. The van der Waals surface area contributed by atoms with Crippen LogP contribution in [-0.2, 0) is 10.1 Å². The predicted molar refractivity (Wildman–Crippen MR) is 56.4 cm³/mol. The van der Waals surface area contributed by atoms with Crippen molar-refractivity contribution >= 4 is 21.7 Å². The molecule has 0 N–H and O–H groups in total. The standard InChI is InChI=1S/C9H11ClO3S/c1-6-4-8(10)5-7(2)9(6)13-14(3,11)12/h4-5H,1-3H3. The molecule has 1 aromatic rings. The number of rotatable bonds is 2. The summed E-state index contributed by atoms with van der Waals surface area (Å²) in [5, 5.41) is 0.570. The van der Waals surface area contributed by atoms with Gasteiger partial charge in [0, 0.05) is 5.02 Å². The molecular weight excluding hydrogens is 224 g/mol. The summed E-state index contributed by atoms with van der Waals surface area (Å²) >= 11 is 5.79. The van der Waals surface area contributed by atoms with E-state index >= 15 is 0 Å². The topological polar surface area (TPSA) is 43.4 Å². The quantitative estimate of drug-likeness (QED) is 0.738. The van der Waals surface area contributed by atoms with Crippen molar-refractivity contribution in [3.63, 3.8) is 0 Å². The van der Waals surface area contributed by atoms with Gasteiger partial charge in [-0.15, -0.1) is 0 Å². The van der Waals surface area contributed by atoms with Crippen LogP contribution in [0.2, 0.25) is 5.02 Å². The van der Waals surface area contributed by atoms with E-state index in [-0.39, 0.29) is 0 Å². The van der Waals surface area contributed by atoms with Crippen LogP contribution in [0.5, 0.6) is 5.75 Å². The van der Waals surface area contributed by atoms with Crippen LogP contribution < -0.4 is 4.18 Å². The third-order valence-corrected chi connectivity index (χ3v) is 2.35. The zero-order chi connectivity index (χ0) is 10.9. The number of halogens is 1. The molecule has 0 aliphatic heterocycles. The molecule has 0 spiro atoms. The molecule has 78 valence electrons. The molecule has 0 heterocycles. The van der Waals surface area contributed by atoms with Gasteiger partial charge in [0.15, 0.2) is 0 Å². The van der Waals surface area contributed by atoms with Gasteiger partial charge in [-0.1, -0.05) is 11.6 Å². The van der Waals surface area contributed by atoms with Crippen molar-refractivity contribution < 1.29 is 12.6 Å². The summed E-state index contributed by atoms with van der Waals surface area (Å²) in [6.45, 7) is 3.50. The van der Waals surface area contributed by atoms with Gasteiger partial charge in [-0.25, -0.2) is 0 Å². The number of hydrogen-bond donors (Lipinski definition) is 0. The van der Waals surface area contributed by atoms with Crippen LogP contribution in [0.15, 0.2) is 12.1 Å². The van der Waals surface area contributed by atoms with Crippen molar-refractivity contribution in [3.8, 4) is 5.75 Å². The van der Waals surface area contributed by atoms with E-state index in [2.05, 4.69) is 0 Å². The van der Waals surface area contributed by atoms with Gasteiger partial charge in [-0.05, 0) is 37.1 Å². The molecule has 3 nitrogen and oxygen atoms in total. The van der Waals surface area contributed by atoms with E-state index in [1.807, 2.05) is 0 Å². The van der Waals surface area contributed by atoms with Gasteiger partial charge in [0.25, 0.3) is 0 Å². The van der Waals surface area contributed by atoms with E-state index in [4.69, 9.17) is 15.8 Å². The third-order valence-electron chi connectivity index (χ3n) is 1.66. The molecule has 14 heavy (non-hydrogen) atoms. The van der Waals surface area contributed by atoms with Crippen LogP contribution >= 0.6 is 11.6 Å². The SMILES string of the molecule is Cc1cc(Cl)cc(C)c1OS(C)(=O)=O. The summed E-state index contributed by atoms with van der Waals surface area (Å²) in [5.41, 5.74) is 1.42. The molecule has 0 saturated carbocycles. The highest BCUT2D eigenvalue weighted by Gasteiger charge is 2.11. The van der Waals surface area contributed by atoms with E-state index < -0.39 is 10.1 Å². The molecule has 0 atom stereocenters. The second kappa shape index (κ2) is 3.79. The molecule has 0 aliphatic rings. The van der Waals surface area contributed by atoms with Crippen molar-refractivity contribution in [2.24, 2.45) is 0 Å². The molecule has 0 fully saturated rings. The Morgan fingerprint density at radius 3 is 2.00 bits per heavy atom. The van der Waals surface area contributed by atoms with Crippen molar-refractivity contribution in [2.45, 2.75) is 13.8 Å². The van der Waals surface area contributed by atoms with Crippen molar-refractivity contribution in [1.82, 2.24) is 0 Å². The molecular formula is C9H11ClO3S. The van der Waals surface area contributed by atoms with Gasteiger partial charge in [0.05, 0.1) is 6.26 Å². The maximum atomic E-state index is 10.9. The number of hydrogen-bond acceptors (Lipinski definition) is 3. The highest BCUT2D eigenvalue weighted by Crippen LogP contribution is 2.27. The van der Waals surface area contributed by atoms with Gasteiger partial charge in [0.2, 0.25) is 0 Å². The molecule has 0 aliphatic carbocycles. The Morgan fingerprint density at radius 2 is 1.64 bits per heavy atom. The predicted octanol–water partition coefficient (Wildman–Crippen LogP) is 2.30. The molecule has 0 amide bonds. The van der Waals surface area contributed by atoms with Crippen LogP contribution in [0.3, 0.4) is 0 Å². The van der Waals surface area contributed by atoms with Crippen molar-refractivity contribution in [2.75, 3.05) is 6.26 Å². The zero-order valence-electron chi connectivity index (χ0n) is 8.17. The molecule has 0 aromatic heterocycles. The lowest BCUT2D eigenvalue weighted by Gasteiger charge is -2.09. The minimum atomic E-state index is -3.48. The average Bonchev–Trinajstić information content (AvgIpc) is 1.95. The lowest BCUT2D eigenvalue weighted by Crippen LogP contribution is -2.07. The maximum Gasteiger partial charge on any atom is 0.306 e. The highest BCUT2D eigenvalue weighted by atomic mass is 35.5. The lowest BCUT2D eigenvalue weighted by molar-refractivity contribution is 0.489. The highest BCUT2D eigenvalue weighted by molar-refractivity contribution is 7.86. The molecule has 1 aromatic carbocycles. The van der Waals surface area contributed by atoms with Gasteiger partial charge in [0.1, 0.15) is 5.75 Å². The average molecular weight is 235 g/mol. The van der Waals surface area contributed by atoms with E-state index in [0.29, 0.717) is 21.9 Å². The summed E-state index contributed by atoms with van der Waals surface area (Å²) in [6, 6.07) is 3.32. The van der Waals surface area contributed by atoms with Gasteiger partial charge in [-0.3, -0.25) is 0 Å². The van der Waals surface area contributed by atoms with Crippen LogP contribution in [0.1, 0.15) is 11.1 Å². The fourth-order valence-corrected chi connectivity index (χ4v) is 2.07. The van der Waals surface area contributed by atoms with Crippen LogP contribution in [0.25, 0.3) is 0 Å². The Labute approximate surface area is 88.8 Å². The fraction of sp³-hybridized carbons (Fsp3) is 0.333. The Bertz CT molecular complexity index is 428. The Balaban J connectivity index is 3.22. The smallest absolute Gasteiger partial charge is 0.306 e. The van der Waals surface area contributed by atoms with E-state index in [9.17, 15) is 8.42 Å². The molecule has 0 bridgehead atoms. The molecule has 0 unspecified atom stereocenters. The monoisotopic (exact) mass is 234 g/mol. The first-order valence-electron chi connectivity index (χ1n) is 3.96. The van der Waals surface area contributed by atoms with Gasteiger partial charge in [-0.2, -0.15) is 8.42 Å². The number of benzene rings is 1. The largest absolute Gasteiger partial charge is 0.382 e. The molecule has 1 rings (SSSR count). The van der Waals surface area contributed by atoms with Gasteiger partial charge >= 0.3 is 10.1 Å². The van der Waals surface area contributed by atoms with Gasteiger partial charge < -0.3 is 4.18 Å². The van der Waals surface area contributed by atoms with Crippen LogP contribution in [-0.4, -0.2) is 14.7 Å². The summed E-state index contributed by atoms with van der Waals surface area (Å²) in [6.07, 6.45) is 1.01. The Kier molecular flexibility index (Phi) is 3.07. The van der Waals surface area contributed by atoms with Crippen molar-refractivity contribution in [3.05, 3.63) is 28.3 Å². The number of aryl methyl sites for hydroxylation is 2. The Morgan fingerprint density at radius 1 is 1.21 bits per heavy atom.